The van der Waals surface area contributed by atoms with E-state index < -0.39 is 11.3 Å². The van der Waals surface area contributed by atoms with Crippen LogP contribution in [0.15, 0.2) is 47.4 Å². The zero-order valence-corrected chi connectivity index (χ0v) is 14.0. The highest BCUT2D eigenvalue weighted by Crippen LogP contribution is 2.54. The van der Waals surface area contributed by atoms with E-state index in [1.807, 2.05) is 18.2 Å². The van der Waals surface area contributed by atoms with Crippen LogP contribution in [0.25, 0.3) is 0 Å². The van der Waals surface area contributed by atoms with Gasteiger partial charge in [-0.25, -0.2) is 0 Å². The molecule has 1 aliphatic heterocycles. The number of hydrogen-bond acceptors (Lipinski definition) is 6. The highest BCUT2D eigenvalue weighted by Gasteiger charge is 2.54. The van der Waals surface area contributed by atoms with Gasteiger partial charge in [-0.1, -0.05) is 19.1 Å². The Hall–Kier alpha value is -3.14. The van der Waals surface area contributed by atoms with Crippen molar-refractivity contribution >= 4 is 0 Å². The van der Waals surface area contributed by atoms with Crippen LogP contribution in [0.1, 0.15) is 18.4 Å². The van der Waals surface area contributed by atoms with Crippen LogP contribution < -0.4 is 5.73 Å². The maximum atomic E-state index is 9.94. The molecule has 0 aromatic carbocycles. The van der Waals surface area contributed by atoms with E-state index in [1.165, 1.54) is 0 Å². The molecule has 1 aromatic rings. The molecule has 0 amide bonds. The van der Waals surface area contributed by atoms with Gasteiger partial charge < -0.3 is 5.73 Å². The van der Waals surface area contributed by atoms with Crippen LogP contribution in [0.3, 0.4) is 0 Å². The smallest absolute Gasteiger partial charge is 0.187 e. The lowest BCUT2D eigenvalue weighted by molar-refractivity contribution is 0.215. The minimum Gasteiger partial charge on any atom is -0.398 e. The normalized spacial score (nSPS) is 25.1. The van der Waals surface area contributed by atoms with Crippen molar-refractivity contribution in [2.24, 2.45) is 17.1 Å². The predicted octanol–water partition coefficient (Wildman–Crippen LogP) is 1.83. The third-order valence-electron chi connectivity index (χ3n) is 5.22. The van der Waals surface area contributed by atoms with Gasteiger partial charge in [0.25, 0.3) is 0 Å². The first kappa shape index (κ1) is 16.7. The number of hydrogen-bond donors (Lipinski definition) is 1. The second-order valence-corrected chi connectivity index (χ2v) is 6.31. The van der Waals surface area contributed by atoms with Crippen molar-refractivity contribution in [3.8, 4) is 18.2 Å². The van der Waals surface area contributed by atoms with Crippen LogP contribution in [0, 0.1) is 45.3 Å². The molecule has 2 unspecified atom stereocenters. The Bertz CT molecular complexity index is 848. The number of pyridine rings is 1. The Kier molecular flexibility index (Phi) is 4.28. The van der Waals surface area contributed by atoms with Crippen molar-refractivity contribution in [1.82, 2.24) is 9.88 Å². The molecule has 6 heteroatoms. The van der Waals surface area contributed by atoms with Crippen LogP contribution in [0.5, 0.6) is 0 Å². The fourth-order valence-electron chi connectivity index (χ4n) is 3.96. The molecule has 1 aromatic heterocycles. The third kappa shape index (κ3) is 2.38. The Morgan fingerprint density at radius 1 is 1.36 bits per heavy atom. The van der Waals surface area contributed by atoms with Gasteiger partial charge in [0.2, 0.25) is 0 Å². The van der Waals surface area contributed by atoms with Crippen LogP contribution in [0.2, 0.25) is 0 Å². The summed E-state index contributed by atoms with van der Waals surface area (Å²) in [7, 11) is 0. The van der Waals surface area contributed by atoms with E-state index in [2.05, 4.69) is 28.9 Å². The fraction of sp³-hybridized carbons (Fsp3) is 0.368. The van der Waals surface area contributed by atoms with Crippen LogP contribution >= 0.6 is 0 Å². The summed E-state index contributed by atoms with van der Waals surface area (Å²) < 4.78 is 0. The molecule has 3 rings (SSSR count). The van der Waals surface area contributed by atoms with E-state index in [9.17, 15) is 15.8 Å². The van der Waals surface area contributed by atoms with Gasteiger partial charge in [-0.15, -0.1) is 0 Å². The van der Waals surface area contributed by atoms with Gasteiger partial charge in [-0.2, -0.15) is 15.8 Å². The lowest BCUT2D eigenvalue weighted by Crippen LogP contribution is -2.47. The van der Waals surface area contributed by atoms with E-state index in [0.29, 0.717) is 6.54 Å². The zero-order valence-electron chi connectivity index (χ0n) is 14.0. The molecule has 2 N–H and O–H groups in total. The van der Waals surface area contributed by atoms with Gasteiger partial charge in [-0.05, 0) is 23.7 Å². The first-order valence-corrected chi connectivity index (χ1v) is 8.18. The predicted molar refractivity (Wildman–Crippen MR) is 91.2 cm³/mol. The Morgan fingerprint density at radius 3 is 2.68 bits per heavy atom. The second kappa shape index (κ2) is 6.40. The largest absolute Gasteiger partial charge is 0.398 e. The van der Waals surface area contributed by atoms with E-state index in [-0.39, 0.29) is 17.2 Å². The molecular formula is C19H18N6. The molecule has 0 fully saturated rings. The summed E-state index contributed by atoms with van der Waals surface area (Å²) in [5.41, 5.74) is 6.63. The monoisotopic (exact) mass is 330 g/mol. The first-order chi connectivity index (χ1) is 12.1. The van der Waals surface area contributed by atoms with E-state index in [1.54, 1.807) is 18.5 Å². The summed E-state index contributed by atoms with van der Waals surface area (Å²) in [5.74, 6) is -0.618. The quantitative estimate of drug-likeness (QED) is 0.885. The molecule has 2 atom stereocenters. The average Bonchev–Trinajstić information content (AvgIpc) is 2.67. The first-order valence-electron chi connectivity index (χ1n) is 8.18. The van der Waals surface area contributed by atoms with E-state index >= 15 is 0 Å². The standard InChI is InChI=1S/C19H18N6/c1-2-25-7-5-14-15(10-25)17(13-4-3-6-24-9-13)19(11-21,12-22)16(8-20)18(14)23/h3-6,9,15,17H,2,7,10,23H2,1H3. The van der Waals surface area contributed by atoms with E-state index in [4.69, 9.17) is 5.73 Å². The summed E-state index contributed by atoms with van der Waals surface area (Å²) in [4.78, 5) is 6.40. The lowest BCUT2D eigenvalue weighted by Gasteiger charge is -2.45. The van der Waals surface area contributed by atoms with Crippen LogP contribution in [-0.4, -0.2) is 29.5 Å². The molecule has 25 heavy (non-hydrogen) atoms. The number of likely N-dealkylation sites (N-methyl/N-ethyl adjacent to an activating group) is 1. The highest BCUT2D eigenvalue weighted by atomic mass is 15.1. The Balaban J connectivity index is 2.31. The van der Waals surface area contributed by atoms with Crippen molar-refractivity contribution in [2.75, 3.05) is 19.6 Å². The molecule has 0 saturated heterocycles. The van der Waals surface area contributed by atoms with Crippen molar-refractivity contribution in [3.05, 3.63) is 53.0 Å². The van der Waals surface area contributed by atoms with Gasteiger partial charge in [0.05, 0.1) is 29.5 Å². The van der Waals surface area contributed by atoms with Crippen LogP contribution in [0.4, 0.5) is 0 Å². The summed E-state index contributed by atoms with van der Waals surface area (Å²) in [5, 5.41) is 29.5. The molecule has 2 heterocycles. The molecule has 124 valence electrons. The molecule has 1 aliphatic carbocycles. The molecule has 0 radical (unpaired) electrons. The van der Waals surface area contributed by atoms with Crippen molar-refractivity contribution in [1.29, 1.82) is 15.8 Å². The number of rotatable bonds is 2. The number of allylic oxidation sites excluding steroid dienone is 2. The maximum Gasteiger partial charge on any atom is 0.187 e. The maximum absolute atomic E-state index is 9.94. The topological polar surface area (TPSA) is 114 Å². The number of aromatic nitrogens is 1. The van der Waals surface area contributed by atoms with Gasteiger partial charge in [0, 0.05) is 37.3 Å². The Labute approximate surface area is 147 Å². The number of fused-ring (bicyclic) bond motifs is 1. The number of nitrogens with two attached hydrogens (primary N) is 1. The number of nitriles is 3. The molecular weight excluding hydrogens is 312 g/mol. The minimum absolute atomic E-state index is 0.0544. The van der Waals surface area contributed by atoms with Gasteiger partial charge in [0.1, 0.15) is 0 Å². The Morgan fingerprint density at radius 2 is 2.12 bits per heavy atom. The zero-order chi connectivity index (χ0) is 18.0. The lowest BCUT2D eigenvalue weighted by atomic mass is 9.57. The molecule has 0 saturated carbocycles. The van der Waals surface area contributed by atoms with Gasteiger partial charge in [-0.3, -0.25) is 9.88 Å². The summed E-state index contributed by atoms with van der Waals surface area (Å²) >= 11 is 0. The van der Waals surface area contributed by atoms with Crippen molar-refractivity contribution < 1.29 is 0 Å². The summed E-state index contributed by atoms with van der Waals surface area (Å²) in [6, 6.07) is 9.92. The molecule has 0 spiro atoms. The molecule has 0 bridgehead atoms. The van der Waals surface area contributed by atoms with Crippen LogP contribution in [-0.2, 0) is 0 Å². The minimum atomic E-state index is -1.61. The number of nitrogens with zero attached hydrogens (tertiary/aromatic N) is 5. The summed E-state index contributed by atoms with van der Waals surface area (Å²) in [6.45, 7) is 4.36. The SMILES string of the molecule is CCN1CC=C2C(N)=C(C#N)C(C#N)(C#N)C(c3cccnc3)C2C1. The summed E-state index contributed by atoms with van der Waals surface area (Å²) in [6.07, 6.45) is 5.34. The van der Waals surface area contributed by atoms with Crippen molar-refractivity contribution in [2.45, 2.75) is 12.8 Å². The van der Waals surface area contributed by atoms with Crippen molar-refractivity contribution in [3.63, 3.8) is 0 Å². The fourth-order valence-corrected chi connectivity index (χ4v) is 3.96. The molecule has 6 nitrogen and oxygen atoms in total. The molecule has 2 aliphatic rings. The van der Waals surface area contributed by atoms with Gasteiger partial charge in [0.15, 0.2) is 5.41 Å². The van der Waals surface area contributed by atoms with E-state index in [0.717, 1.165) is 24.2 Å². The third-order valence-corrected chi connectivity index (χ3v) is 5.22. The second-order valence-electron chi connectivity index (χ2n) is 6.31. The highest BCUT2D eigenvalue weighted by molar-refractivity contribution is 5.59. The van der Waals surface area contributed by atoms with Gasteiger partial charge >= 0.3 is 0 Å². The average molecular weight is 330 g/mol.